The molecule has 30 heavy (non-hydrogen) atoms. The Morgan fingerprint density at radius 3 is 2.47 bits per heavy atom. The lowest BCUT2D eigenvalue weighted by Crippen LogP contribution is -2.19. The van der Waals surface area contributed by atoms with E-state index in [-0.39, 0.29) is 16.7 Å². The van der Waals surface area contributed by atoms with Crippen molar-refractivity contribution in [2.75, 3.05) is 6.61 Å². The molecule has 0 saturated carbocycles. The van der Waals surface area contributed by atoms with E-state index in [0.29, 0.717) is 12.4 Å². The molecule has 0 amide bonds. The molecule has 1 heterocycles. The molecular weight excluding hydrogens is 398 g/mol. The second-order valence-corrected chi connectivity index (χ2v) is 8.60. The number of unbranched alkanes of at least 4 members (excludes halogenated alkanes) is 1. The van der Waals surface area contributed by atoms with Gasteiger partial charge in [0, 0.05) is 0 Å². The van der Waals surface area contributed by atoms with Gasteiger partial charge in [0.15, 0.2) is 11.5 Å². The van der Waals surface area contributed by atoms with Gasteiger partial charge in [-0.2, -0.15) is 8.42 Å². The number of fused-ring (bicyclic) bond motifs is 1. The van der Waals surface area contributed by atoms with Crippen molar-refractivity contribution in [3.05, 3.63) is 88.9 Å². The molecule has 0 saturated heterocycles. The lowest BCUT2D eigenvalue weighted by atomic mass is 10.1. The summed E-state index contributed by atoms with van der Waals surface area (Å²) in [6.07, 6.45) is 3.92. The maximum absolute atomic E-state index is 12.7. The number of ether oxygens (including phenoxy) is 1. The van der Waals surface area contributed by atoms with Crippen molar-refractivity contribution in [3.8, 4) is 11.5 Å². The summed E-state index contributed by atoms with van der Waals surface area (Å²) in [5.41, 5.74) is 0.919. The van der Waals surface area contributed by atoms with Crippen molar-refractivity contribution < 1.29 is 17.3 Å². The van der Waals surface area contributed by atoms with Crippen LogP contribution < -0.4 is 19.5 Å². The maximum Gasteiger partial charge on any atom is 0.339 e. The highest BCUT2D eigenvalue weighted by Crippen LogP contribution is 2.34. The van der Waals surface area contributed by atoms with Gasteiger partial charge < -0.3 is 8.92 Å². The normalized spacial score (nSPS) is 15.0. The van der Waals surface area contributed by atoms with Crippen LogP contribution in [0.1, 0.15) is 31.4 Å². The summed E-state index contributed by atoms with van der Waals surface area (Å²) in [6, 6.07) is 21.2. The zero-order chi connectivity index (χ0) is 21.0. The fourth-order valence-corrected chi connectivity index (χ4v) is 4.20. The minimum atomic E-state index is -3.95. The number of nitrogens with zero attached hydrogens (tertiary/aromatic N) is 1. The molecule has 3 aromatic carbocycles. The Morgan fingerprint density at radius 2 is 1.70 bits per heavy atom. The molecule has 3 aromatic rings. The summed E-state index contributed by atoms with van der Waals surface area (Å²) in [5, 5.41) is 2.03. The minimum Gasteiger partial charge on any atom is -0.490 e. The topological polar surface area (TPSA) is 65.0 Å². The van der Waals surface area contributed by atoms with Crippen molar-refractivity contribution in [2.24, 2.45) is 4.99 Å². The summed E-state index contributed by atoms with van der Waals surface area (Å²) in [4.78, 5) is 4.84. The summed E-state index contributed by atoms with van der Waals surface area (Å²) in [6.45, 7) is 2.55. The van der Waals surface area contributed by atoms with Crippen molar-refractivity contribution in [3.63, 3.8) is 0 Å². The van der Waals surface area contributed by atoms with Gasteiger partial charge in [-0.3, -0.25) is 4.99 Å². The molecule has 4 rings (SSSR count). The zero-order valence-electron chi connectivity index (χ0n) is 16.7. The first-order chi connectivity index (χ1) is 14.6. The van der Waals surface area contributed by atoms with E-state index in [2.05, 4.69) is 13.0 Å². The van der Waals surface area contributed by atoms with E-state index in [4.69, 9.17) is 13.9 Å². The van der Waals surface area contributed by atoms with Crippen LogP contribution in [0, 0.1) is 0 Å². The lowest BCUT2D eigenvalue weighted by Gasteiger charge is -2.15. The lowest BCUT2D eigenvalue weighted by molar-refractivity contribution is 0.299. The van der Waals surface area contributed by atoms with Crippen molar-refractivity contribution in [1.82, 2.24) is 0 Å². The van der Waals surface area contributed by atoms with Gasteiger partial charge in [-0.15, -0.1) is 0 Å². The van der Waals surface area contributed by atoms with Crippen LogP contribution >= 0.6 is 0 Å². The largest absolute Gasteiger partial charge is 0.490 e. The molecule has 1 aliphatic rings. The molecule has 0 fully saturated rings. The van der Waals surface area contributed by atoms with Gasteiger partial charge in [0.1, 0.15) is 4.90 Å². The third kappa shape index (κ3) is 4.39. The highest BCUT2D eigenvalue weighted by Gasteiger charge is 2.21. The van der Waals surface area contributed by atoms with Gasteiger partial charge >= 0.3 is 10.1 Å². The van der Waals surface area contributed by atoms with Gasteiger partial charge in [-0.1, -0.05) is 55.8 Å². The van der Waals surface area contributed by atoms with Crippen LogP contribution in [0.2, 0.25) is 0 Å². The van der Waals surface area contributed by atoms with Crippen molar-refractivity contribution in [2.45, 2.75) is 30.7 Å². The summed E-state index contributed by atoms with van der Waals surface area (Å²) in [7, 11) is -3.95. The predicted octanol–water partition coefficient (Wildman–Crippen LogP) is 3.79. The van der Waals surface area contributed by atoms with Crippen LogP contribution in [0.3, 0.4) is 0 Å². The smallest absolute Gasteiger partial charge is 0.339 e. The average Bonchev–Trinajstić information content (AvgIpc) is 3.20. The van der Waals surface area contributed by atoms with Crippen LogP contribution in [0.25, 0.3) is 6.08 Å². The van der Waals surface area contributed by atoms with Crippen LogP contribution in [-0.4, -0.2) is 15.0 Å². The third-order valence-corrected chi connectivity index (χ3v) is 6.10. The second-order valence-electron chi connectivity index (χ2n) is 7.06. The Hall–Kier alpha value is -3.12. The molecule has 6 heteroatoms. The molecule has 154 valence electrons. The molecule has 0 aliphatic carbocycles. The van der Waals surface area contributed by atoms with E-state index in [9.17, 15) is 8.42 Å². The SMILES string of the molecule is CCCCOc1cc(C2C=c3ccccc3=N2)ccc1OS(=O)(=O)c1ccccc1. The van der Waals surface area contributed by atoms with E-state index in [0.717, 1.165) is 29.0 Å². The van der Waals surface area contributed by atoms with E-state index in [1.807, 2.05) is 36.4 Å². The van der Waals surface area contributed by atoms with Crippen LogP contribution in [0.4, 0.5) is 0 Å². The average molecular weight is 422 g/mol. The molecule has 0 spiro atoms. The molecule has 0 N–H and O–H groups in total. The Bertz CT molecular complexity index is 1220. The molecule has 0 aromatic heterocycles. The molecule has 0 radical (unpaired) electrons. The van der Waals surface area contributed by atoms with Crippen LogP contribution in [0.15, 0.2) is 82.7 Å². The van der Waals surface area contributed by atoms with E-state index in [1.165, 1.54) is 12.1 Å². The predicted molar refractivity (Wildman–Crippen MR) is 116 cm³/mol. The van der Waals surface area contributed by atoms with E-state index in [1.54, 1.807) is 24.3 Å². The van der Waals surface area contributed by atoms with Crippen LogP contribution in [0.5, 0.6) is 11.5 Å². The van der Waals surface area contributed by atoms with E-state index >= 15 is 0 Å². The molecule has 0 bridgehead atoms. The fraction of sp³-hybridized carbons (Fsp3) is 0.208. The monoisotopic (exact) mass is 421 g/mol. The Labute approximate surface area is 176 Å². The summed E-state index contributed by atoms with van der Waals surface area (Å²) < 4.78 is 36.7. The van der Waals surface area contributed by atoms with E-state index < -0.39 is 10.1 Å². The summed E-state index contributed by atoms with van der Waals surface area (Å²) in [5.74, 6) is 0.578. The first-order valence-electron chi connectivity index (χ1n) is 9.98. The zero-order valence-corrected chi connectivity index (χ0v) is 17.5. The molecule has 5 nitrogen and oxygen atoms in total. The minimum absolute atomic E-state index is 0.100. The van der Waals surface area contributed by atoms with Gasteiger partial charge in [0.2, 0.25) is 0 Å². The number of rotatable bonds is 8. The highest BCUT2D eigenvalue weighted by atomic mass is 32.2. The Kier molecular flexibility index (Phi) is 5.86. The van der Waals surface area contributed by atoms with Crippen molar-refractivity contribution in [1.29, 1.82) is 0 Å². The molecule has 1 atom stereocenters. The standard InChI is InChI=1S/C24H23NO4S/c1-2-3-15-28-24-17-19(22-16-18-9-7-8-12-21(18)25-22)13-14-23(24)29-30(26,27)20-10-5-4-6-11-20/h4-14,16-17,22H,2-3,15H2,1H3. The van der Waals surface area contributed by atoms with Gasteiger partial charge in [0.05, 0.1) is 18.0 Å². The fourth-order valence-electron chi connectivity index (χ4n) is 3.24. The van der Waals surface area contributed by atoms with Crippen LogP contribution in [-0.2, 0) is 10.1 Å². The van der Waals surface area contributed by atoms with Crippen molar-refractivity contribution >= 4 is 16.2 Å². The van der Waals surface area contributed by atoms with Gasteiger partial charge in [-0.05, 0) is 53.6 Å². The maximum atomic E-state index is 12.7. The van der Waals surface area contributed by atoms with Gasteiger partial charge in [-0.25, -0.2) is 0 Å². The second kappa shape index (κ2) is 8.71. The molecule has 1 aliphatic heterocycles. The molecular formula is C24H23NO4S. The summed E-state index contributed by atoms with van der Waals surface area (Å²) >= 11 is 0. The number of para-hydroxylation sites is 1. The molecule has 1 unspecified atom stereocenters. The third-order valence-electron chi connectivity index (χ3n) is 4.85. The first kappa shape index (κ1) is 20.2. The quantitative estimate of drug-likeness (QED) is 0.410. The van der Waals surface area contributed by atoms with Gasteiger partial charge in [0.25, 0.3) is 0 Å². The highest BCUT2D eigenvalue weighted by molar-refractivity contribution is 7.87. The number of benzene rings is 3. The Morgan fingerprint density at radius 1 is 0.933 bits per heavy atom. The first-order valence-corrected chi connectivity index (χ1v) is 11.4. The number of hydrogen-bond donors (Lipinski definition) is 0. The number of hydrogen-bond acceptors (Lipinski definition) is 5. The Balaban J connectivity index is 1.66.